The average molecular weight is 384 g/mol. The van der Waals surface area contributed by atoms with Crippen LogP contribution in [-0.4, -0.2) is 35.2 Å². The Bertz CT molecular complexity index is 941. The smallest absolute Gasteiger partial charge is 0.336 e. The lowest BCUT2D eigenvalue weighted by Crippen LogP contribution is -2.13. The van der Waals surface area contributed by atoms with Crippen molar-refractivity contribution in [2.75, 3.05) is 7.11 Å². The Labute approximate surface area is 164 Å². The van der Waals surface area contributed by atoms with Gasteiger partial charge in [0.2, 0.25) is 0 Å². The van der Waals surface area contributed by atoms with E-state index in [4.69, 9.17) is 9.47 Å². The summed E-state index contributed by atoms with van der Waals surface area (Å²) in [5.41, 5.74) is 1.50. The van der Waals surface area contributed by atoms with Gasteiger partial charge in [0.1, 0.15) is 17.2 Å². The summed E-state index contributed by atoms with van der Waals surface area (Å²) in [6.45, 7) is 7.14. The molecule has 148 valence electrons. The molecule has 0 unspecified atom stereocenters. The zero-order chi connectivity index (χ0) is 21.0. The van der Waals surface area contributed by atoms with Crippen molar-refractivity contribution in [3.8, 4) is 17.2 Å². The SMILES string of the molecule is COc1c(C)c(OC(C)C)c(C)c(C(=O)O)c1C=CC(=O)c1ccccc1O. The van der Waals surface area contributed by atoms with Gasteiger partial charge in [-0.15, -0.1) is 0 Å². The van der Waals surface area contributed by atoms with Gasteiger partial charge in [-0.3, -0.25) is 4.79 Å². The number of methoxy groups -OCH3 is 1. The molecule has 2 aromatic carbocycles. The molecule has 0 aromatic heterocycles. The van der Waals surface area contributed by atoms with Crippen LogP contribution < -0.4 is 9.47 Å². The largest absolute Gasteiger partial charge is 0.507 e. The topological polar surface area (TPSA) is 93.1 Å². The van der Waals surface area contributed by atoms with Crippen molar-refractivity contribution in [2.45, 2.75) is 33.8 Å². The number of ether oxygens (including phenoxy) is 2. The molecule has 0 aliphatic heterocycles. The van der Waals surface area contributed by atoms with E-state index in [0.29, 0.717) is 22.6 Å². The Morgan fingerprint density at radius 1 is 1.07 bits per heavy atom. The number of carboxylic acids is 1. The maximum absolute atomic E-state index is 12.4. The third-order valence-electron chi connectivity index (χ3n) is 4.25. The fraction of sp³-hybridized carbons (Fsp3) is 0.273. The minimum absolute atomic E-state index is 0.000524. The fourth-order valence-corrected chi connectivity index (χ4v) is 3.06. The lowest BCUT2D eigenvalue weighted by atomic mass is 9.94. The molecular weight excluding hydrogens is 360 g/mol. The molecule has 0 fully saturated rings. The van der Waals surface area contributed by atoms with Crippen molar-refractivity contribution in [2.24, 2.45) is 0 Å². The van der Waals surface area contributed by atoms with E-state index in [2.05, 4.69) is 0 Å². The van der Waals surface area contributed by atoms with Gasteiger partial charge in [0.05, 0.1) is 24.3 Å². The molecule has 0 radical (unpaired) electrons. The first kappa shape index (κ1) is 21.0. The van der Waals surface area contributed by atoms with Crippen LogP contribution in [-0.2, 0) is 0 Å². The zero-order valence-electron chi connectivity index (χ0n) is 16.6. The van der Waals surface area contributed by atoms with Crippen molar-refractivity contribution >= 4 is 17.8 Å². The van der Waals surface area contributed by atoms with E-state index >= 15 is 0 Å². The second-order valence-corrected chi connectivity index (χ2v) is 6.59. The molecule has 0 aliphatic carbocycles. The van der Waals surface area contributed by atoms with Gasteiger partial charge in [0.25, 0.3) is 0 Å². The Hall–Kier alpha value is -3.28. The third kappa shape index (κ3) is 4.17. The number of hydrogen-bond acceptors (Lipinski definition) is 5. The Morgan fingerprint density at radius 3 is 2.25 bits per heavy atom. The lowest BCUT2D eigenvalue weighted by molar-refractivity contribution is 0.0694. The van der Waals surface area contributed by atoms with Crippen molar-refractivity contribution in [3.63, 3.8) is 0 Å². The van der Waals surface area contributed by atoms with Gasteiger partial charge in [-0.25, -0.2) is 4.79 Å². The number of aromatic hydroxyl groups is 1. The first-order valence-electron chi connectivity index (χ1n) is 8.80. The van der Waals surface area contributed by atoms with Crippen LogP contribution in [0.25, 0.3) is 6.08 Å². The quantitative estimate of drug-likeness (QED) is 0.543. The standard InChI is InChI=1S/C22H24O6/c1-12(2)28-20-13(3)19(22(25)26)16(21(27-5)14(20)4)10-11-18(24)15-8-6-7-9-17(15)23/h6-12,23H,1-5H3,(H,25,26). The van der Waals surface area contributed by atoms with Gasteiger partial charge in [0.15, 0.2) is 5.78 Å². The summed E-state index contributed by atoms with van der Waals surface area (Å²) in [6, 6.07) is 6.15. The number of carboxylic acid groups (broad SMARTS) is 1. The van der Waals surface area contributed by atoms with Crippen molar-refractivity contribution in [1.82, 2.24) is 0 Å². The Balaban J connectivity index is 2.64. The molecule has 0 atom stereocenters. The highest BCUT2D eigenvalue weighted by Crippen LogP contribution is 2.39. The number of para-hydroxylation sites is 1. The van der Waals surface area contributed by atoms with Crippen LogP contribution in [0.4, 0.5) is 0 Å². The molecule has 0 heterocycles. The summed E-state index contributed by atoms with van der Waals surface area (Å²) in [4.78, 5) is 24.4. The zero-order valence-corrected chi connectivity index (χ0v) is 16.6. The van der Waals surface area contributed by atoms with Crippen LogP contribution in [0.5, 0.6) is 17.2 Å². The normalized spacial score (nSPS) is 11.1. The third-order valence-corrected chi connectivity index (χ3v) is 4.25. The van der Waals surface area contributed by atoms with Gasteiger partial charge in [0, 0.05) is 16.7 Å². The molecule has 2 aromatic rings. The maximum atomic E-state index is 12.4. The van der Waals surface area contributed by atoms with E-state index < -0.39 is 11.8 Å². The highest BCUT2D eigenvalue weighted by Gasteiger charge is 2.25. The second-order valence-electron chi connectivity index (χ2n) is 6.59. The number of hydrogen-bond donors (Lipinski definition) is 2. The predicted molar refractivity (Wildman–Crippen MR) is 107 cm³/mol. The molecule has 0 aliphatic rings. The van der Waals surface area contributed by atoms with E-state index in [1.54, 1.807) is 26.0 Å². The summed E-state index contributed by atoms with van der Waals surface area (Å²) >= 11 is 0. The summed E-state index contributed by atoms with van der Waals surface area (Å²) < 4.78 is 11.3. The highest BCUT2D eigenvalue weighted by atomic mass is 16.5. The van der Waals surface area contributed by atoms with E-state index in [0.717, 1.165) is 0 Å². The van der Waals surface area contributed by atoms with Crippen molar-refractivity contribution < 1.29 is 29.3 Å². The average Bonchev–Trinajstić information content (AvgIpc) is 2.63. The van der Waals surface area contributed by atoms with E-state index in [1.807, 2.05) is 13.8 Å². The maximum Gasteiger partial charge on any atom is 0.336 e. The highest BCUT2D eigenvalue weighted by molar-refractivity contribution is 6.09. The number of carbonyl (C=O) groups is 2. The van der Waals surface area contributed by atoms with E-state index in [-0.39, 0.29) is 28.5 Å². The molecule has 0 saturated heterocycles. The van der Waals surface area contributed by atoms with Crippen LogP contribution in [0.1, 0.15) is 51.3 Å². The summed E-state index contributed by atoms with van der Waals surface area (Å²) in [7, 11) is 1.44. The summed E-state index contributed by atoms with van der Waals surface area (Å²) in [6.07, 6.45) is 2.48. The number of phenols is 1. The molecule has 2 N–H and O–H groups in total. The lowest BCUT2D eigenvalue weighted by Gasteiger charge is -2.21. The second kappa shape index (κ2) is 8.61. The van der Waals surface area contributed by atoms with Gasteiger partial charge in [-0.2, -0.15) is 0 Å². The Kier molecular flexibility index (Phi) is 6.46. The summed E-state index contributed by atoms with van der Waals surface area (Å²) in [5.74, 6) is -0.975. The first-order chi connectivity index (χ1) is 13.2. The van der Waals surface area contributed by atoms with Gasteiger partial charge in [-0.05, 0) is 52.0 Å². The fourth-order valence-electron chi connectivity index (χ4n) is 3.06. The molecule has 0 saturated carbocycles. The molecule has 2 rings (SSSR count). The number of phenolic OH excluding ortho intramolecular Hbond substituents is 1. The van der Waals surface area contributed by atoms with Crippen LogP contribution in [0.15, 0.2) is 30.3 Å². The number of benzene rings is 2. The van der Waals surface area contributed by atoms with E-state index in [9.17, 15) is 19.8 Å². The minimum Gasteiger partial charge on any atom is -0.507 e. The number of ketones is 1. The first-order valence-corrected chi connectivity index (χ1v) is 8.80. The molecule has 0 amide bonds. The molecule has 0 bridgehead atoms. The number of carbonyl (C=O) groups excluding carboxylic acids is 1. The number of rotatable bonds is 7. The number of aromatic carboxylic acids is 1. The van der Waals surface area contributed by atoms with Crippen LogP contribution in [0.2, 0.25) is 0 Å². The molecule has 6 nitrogen and oxygen atoms in total. The summed E-state index contributed by atoms with van der Waals surface area (Å²) in [5, 5.41) is 19.6. The van der Waals surface area contributed by atoms with Gasteiger partial charge in [-0.1, -0.05) is 12.1 Å². The minimum atomic E-state index is -1.15. The predicted octanol–water partition coefficient (Wildman–Crippen LogP) is 4.40. The Morgan fingerprint density at radius 2 is 1.71 bits per heavy atom. The van der Waals surface area contributed by atoms with Crippen molar-refractivity contribution in [3.05, 3.63) is 58.2 Å². The van der Waals surface area contributed by atoms with Crippen molar-refractivity contribution in [1.29, 1.82) is 0 Å². The van der Waals surface area contributed by atoms with Gasteiger partial charge >= 0.3 is 5.97 Å². The molecular formula is C22H24O6. The van der Waals surface area contributed by atoms with E-state index in [1.165, 1.54) is 31.4 Å². The monoisotopic (exact) mass is 384 g/mol. The molecule has 6 heteroatoms. The molecule has 0 spiro atoms. The van der Waals surface area contributed by atoms with Crippen LogP contribution in [0, 0.1) is 13.8 Å². The molecule has 28 heavy (non-hydrogen) atoms. The number of allylic oxidation sites excluding steroid dienone is 1. The van der Waals surface area contributed by atoms with Crippen LogP contribution in [0.3, 0.4) is 0 Å². The van der Waals surface area contributed by atoms with Gasteiger partial charge < -0.3 is 19.7 Å². The van der Waals surface area contributed by atoms with Crippen LogP contribution >= 0.6 is 0 Å².